The topological polar surface area (TPSA) is 58.4 Å². The van der Waals surface area contributed by atoms with Crippen molar-refractivity contribution in [3.63, 3.8) is 0 Å². The molecule has 1 aromatic carbocycles. The van der Waals surface area contributed by atoms with E-state index in [1.54, 1.807) is 18.2 Å². The van der Waals surface area contributed by atoms with Gasteiger partial charge in [0.1, 0.15) is 0 Å². The molecule has 2 saturated heterocycles. The number of non-ortho nitro benzene ring substituents is 1. The molecule has 5 nitrogen and oxygen atoms in total. The maximum atomic E-state index is 10.8. The molecule has 0 aliphatic carbocycles. The lowest BCUT2D eigenvalue weighted by Crippen LogP contribution is -2.40. The fourth-order valence-electron chi connectivity index (χ4n) is 3.65. The number of nitro benzene ring substituents is 1. The van der Waals surface area contributed by atoms with Crippen molar-refractivity contribution < 1.29 is 4.92 Å². The number of benzene rings is 1. The average molecular weight is 289 g/mol. The van der Waals surface area contributed by atoms with Gasteiger partial charge in [-0.15, -0.1) is 0 Å². The predicted octanol–water partition coefficient (Wildman–Crippen LogP) is 2.56. The van der Waals surface area contributed by atoms with Crippen LogP contribution in [0.2, 0.25) is 0 Å². The van der Waals surface area contributed by atoms with Crippen molar-refractivity contribution in [3.05, 3.63) is 39.9 Å². The Kier molecular flexibility index (Phi) is 4.51. The molecule has 0 saturated carbocycles. The molecule has 1 aromatic rings. The van der Waals surface area contributed by atoms with Crippen molar-refractivity contribution in [2.24, 2.45) is 5.92 Å². The highest BCUT2D eigenvalue weighted by molar-refractivity contribution is 5.34. The van der Waals surface area contributed by atoms with E-state index in [9.17, 15) is 10.1 Å². The molecule has 0 radical (unpaired) electrons. The third-order valence-corrected chi connectivity index (χ3v) is 4.83. The SMILES string of the molecule is O=[N+]([O-])c1cccc(CN2CCC(C3CCCN3)CC2)c1. The number of piperidine rings is 1. The van der Waals surface area contributed by atoms with E-state index < -0.39 is 0 Å². The van der Waals surface area contributed by atoms with Crippen molar-refractivity contribution >= 4 is 5.69 Å². The maximum absolute atomic E-state index is 10.8. The van der Waals surface area contributed by atoms with E-state index in [1.165, 1.54) is 32.2 Å². The van der Waals surface area contributed by atoms with E-state index in [2.05, 4.69) is 10.2 Å². The molecule has 2 heterocycles. The maximum Gasteiger partial charge on any atom is 0.269 e. The van der Waals surface area contributed by atoms with E-state index in [1.807, 2.05) is 6.07 Å². The fourth-order valence-corrected chi connectivity index (χ4v) is 3.65. The molecule has 1 N–H and O–H groups in total. The normalized spacial score (nSPS) is 24.3. The second kappa shape index (κ2) is 6.54. The lowest BCUT2D eigenvalue weighted by Gasteiger charge is -2.34. The molecule has 114 valence electrons. The summed E-state index contributed by atoms with van der Waals surface area (Å²) in [7, 11) is 0. The Morgan fingerprint density at radius 3 is 2.76 bits per heavy atom. The van der Waals surface area contributed by atoms with Gasteiger partial charge in [-0.05, 0) is 56.8 Å². The van der Waals surface area contributed by atoms with Gasteiger partial charge in [0.05, 0.1) is 4.92 Å². The molecule has 0 amide bonds. The van der Waals surface area contributed by atoms with Gasteiger partial charge in [-0.25, -0.2) is 0 Å². The molecule has 21 heavy (non-hydrogen) atoms. The van der Waals surface area contributed by atoms with Crippen molar-refractivity contribution in [1.29, 1.82) is 0 Å². The number of hydrogen-bond donors (Lipinski definition) is 1. The highest BCUT2D eigenvalue weighted by Crippen LogP contribution is 2.26. The van der Waals surface area contributed by atoms with E-state index in [0.29, 0.717) is 0 Å². The first kappa shape index (κ1) is 14.5. The molecule has 0 aromatic heterocycles. The summed E-state index contributed by atoms with van der Waals surface area (Å²) in [5, 5.41) is 14.4. The lowest BCUT2D eigenvalue weighted by atomic mass is 9.88. The molecular weight excluding hydrogens is 266 g/mol. The lowest BCUT2D eigenvalue weighted by molar-refractivity contribution is -0.384. The molecule has 0 spiro atoms. The van der Waals surface area contributed by atoms with Gasteiger partial charge in [0.25, 0.3) is 5.69 Å². The zero-order valence-corrected chi connectivity index (χ0v) is 12.3. The van der Waals surface area contributed by atoms with E-state index in [0.717, 1.165) is 37.2 Å². The summed E-state index contributed by atoms with van der Waals surface area (Å²) < 4.78 is 0. The van der Waals surface area contributed by atoms with Crippen LogP contribution in [0, 0.1) is 16.0 Å². The third-order valence-electron chi connectivity index (χ3n) is 4.83. The summed E-state index contributed by atoms with van der Waals surface area (Å²) in [5.74, 6) is 0.814. The summed E-state index contributed by atoms with van der Waals surface area (Å²) in [4.78, 5) is 12.9. The van der Waals surface area contributed by atoms with Crippen LogP contribution in [0.25, 0.3) is 0 Å². The Bertz CT molecular complexity index is 492. The van der Waals surface area contributed by atoms with Crippen LogP contribution in [0.15, 0.2) is 24.3 Å². The first-order valence-corrected chi connectivity index (χ1v) is 7.91. The monoisotopic (exact) mass is 289 g/mol. The number of likely N-dealkylation sites (tertiary alicyclic amines) is 1. The molecule has 1 atom stereocenters. The number of nitrogens with zero attached hydrogens (tertiary/aromatic N) is 2. The summed E-state index contributed by atoms with van der Waals surface area (Å²) in [6, 6.07) is 7.75. The van der Waals surface area contributed by atoms with Gasteiger partial charge in [-0.2, -0.15) is 0 Å². The second-order valence-corrected chi connectivity index (χ2v) is 6.24. The molecule has 5 heteroatoms. The van der Waals surface area contributed by atoms with Crippen molar-refractivity contribution in [2.75, 3.05) is 19.6 Å². The van der Waals surface area contributed by atoms with Gasteiger partial charge in [0.15, 0.2) is 0 Å². The number of nitro groups is 1. The van der Waals surface area contributed by atoms with Gasteiger partial charge in [0, 0.05) is 24.7 Å². The Labute approximate surface area is 125 Å². The van der Waals surface area contributed by atoms with Crippen LogP contribution in [-0.4, -0.2) is 35.5 Å². The zero-order chi connectivity index (χ0) is 14.7. The van der Waals surface area contributed by atoms with E-state index in [4.69, 9.17) is 0 Å². The molecule has 2 aliphatic rings. The fraction of sp³-hybridized carbons (Fsp3) is 0.625. The van der Waals surface area contributed by atoms with Gasteiger partial charge < -0.3 is 5.32 Å². The highest BCUT2D eigenvalue weighted by Gasteiger charge is 2.28. The molecule has 1 unspecified atom stereocenters. The summed E-state index contributed by atoms with van der Waals surface area (Å²) in [6.07, 6.45) is 5.13. The minimum absolute atomic E-state index is 0.192. The summed E-state index contributed by atoms with van der Waals surface area (Å²) in [6.45, 7) is 4.21. The third kappa shape index (κ3) is 3.60. The molecule has 2 aliphatic heterocycles. The largest absolute Gasteiger partial charge is 0.314 e. The molecule has 0 bridgehead atoms. The standard InChI is InChI=1S/C16H23N3O2/c20-19(21)15-4-1-3-13(11-15)12-18-9-6-14(7-10-18)16-5-2-8-17-16/h1,3-4,11,14,16-17H,2,5-10,12H2. The Morgan fingerprint density at radius 2 is 2.10 bits per heavy atom. The van der Waals surface area contributed by atoms with Crippen LogP contribution >= 0.6 is 0 Å². The van der Waals surface area contributed by atoms with Gasteiger partial charge in [-0.3, -0.25) is 15.0 Å². The first-order valence-electron chi connectivity index (χ1n) is 7.91. The van der Waals surface area contributed by atoms with Gasteiger partial charge in [-0.1, -0.05) is 12.1 Å². The highest BCUT2D eigenvalue weighted by atomic mass is 16.6. The smallest absolute Gasteiger partial charge is 0.269 e. The van der Waals surface area contributed by atoms with Gasteiger partial charge >= 0.3 is 0 Å². The molecular formula is C16H23N3O2. The van der Waals surface area contributed by atoms with Gasteiger partial charge in [0.2, 0.25) is 0 Å². The van der Waals surface area contributed by atoms with Crippen LogP contribution in [0.5, 0.6) is 0 Å². The van der Waals surface area contributed by atoms with Crippen LogP contribution in [-0.2, 0) is 6.54 Å². The first-order chi connectivity index (χ1) is 10.2. The predicted molar refractivity (Wildman–Crippen MR) is 82.1 cm³/mol. The number of nitrogens with one attached hydrogen (secondary N) is 1. The minimum atomic E-state index is -0.318. The average Bonchev–Trinajstić information content (AvgIpc) is 3.02. The Balaban J connectivity index is 1.53. The van der Waals surface area contributed by atoms with E-state index >= 15 is 0 Å². The number of rotatable bonds is 4. The summed E-state index contributed by atoms with van der Waals surface area (Å²) >= 11 is 0. The van der Waals surface area contributed by atoms with Crippen molar-refractivity contribution in [2.45, 2.75) is 38.3 Å². The minimum Gasteiger partial charge on any atom is -0.314 e. The molecule has 2 fully saturated rings. The number of hydrogen-bond acceptors (Lipinski definition) is 4. The quantitative estimate of drug-likeness (QED) is 0.683. The van der Waals surface area contributed by atoms with Crippen LogP contribution in [0.4, 0.5) is 5.69 Å². The van der Waals surface area contributed by atoms with Crippen molar-refractivity contribution in [3.8, 4) is 0 Å². The molecule has 3 rings (SSSR count). The van der Waals surface area contributed by atoms with Crippen LogP contribution in [0.1, 0.15) is 31.2 Å². The zero-order valence-electron chi connectivity index (χ0n) is 12.3. The van der Waals surface area contributed by atoms with E-state index in [-0.39, 0.29) is 10.6 Å². The summed E-state index contributed by atoms with van der Waals surface area (Å²) in [5.41, 5.74) is 1.24. The van der Waals surface area contributed by atoms with Crippen molar-refractivity contribution in [1.82, 2.24) is 10.2 Å². The Morgan fingerprint density at radius 1 is 1.29 bits per heavy atom. The second-order valence-electron chi connectivity index (χ2n) is 6.24. The van der Waals surface area contributed by atoms with Crippen LogP contribution in [0.3, 0.4) is 0 Å². The Hall–Kier alpha value is -1.46. The van der Waals surface area contributed by atoms with Crippen LogP contribution < -0.4 is 5.32 Å².